The van der Waals surface area contributed by atoms with Crippen molar-refractivity contribution in [3.05, 3.63) is 53.1 Å². The fourth-order valence-electron chi connectivity index (χ4n) is 1.67. The van der Waals surface area contributed by atoms with Crippen molar-refractivity contribution >= 4 is 86.3 Å². The van der Waals surface area contributed by atoms with Gasteiger partial charge in [-0.15, -0.1) is 0 Å². The molecule has 0 aliphatic carbocycles. The highest BCUT2D eigenvalue weighted by molar-refractivity contribution is 8.86. The summed E-state index contributed by atoms with van der Waals surface area (Å²) in [5.74, 6) is 0. The summed E-state index contributed by atoms with van der Waals surface area (Å²) in [5, 5.41) is 3.33. The summed E-state index contributed by atoms with van der Waals surface area (Å²) in [4.78, 5) is 13.8. The molecule has 1 amide bonds. The fourth-order valence-corrected chi connectivity index (χ4v) is 5.57. The third kappa shape index (κ3) is 6.71. The molecule has 0 unspecified atom stereocenters. The lowest BCUT2D eigenvalue weighted by atomic mass is 10.2. The topological polar surface area (TPSA) is 38.3 Å². The molecule has 0 saturated carbocycles. The number of benzene rings is 2. The van der Waals surface area contributed by atoms with E-state index < -0.39 is 6.09 Å². The number of ether oxygens (including phenoxy) is 1. The molecule has 0 aliphatic rings. The lowest BCUT2D eigenvalue weighted by molar-refractivity contribution is 0.155. The Kier molecular flexibility index (Phi) is 9.18. The first-order chi connectivity index (χ1) is 11.6. The molecule has 2 aromatic carbocycles. The van der Waals surface area contributed by atoms with Crippen LogP contribution in [-0.2, 0) is 11.3 Å². The Morgan fingerprint density at radius 3 is 2.33 bits per heavy atom. The highest BCUT2D eigenvalue weighted by Gasteiger charge is 2.09. The molecule has 1 N–H and O–H groups in total. The van der Waals surface area contributed by atoms with Crippen LogP contribution in [0.1, 0.15) is 5.56 Å². The van der Waals surface area contributed by atoms with Gasteiger partial charge < -0.3 is 4.74 Å². The molecule has 0 spiro atoms. The maximum absolute atomic E-state index is 11.9. The highest BCUT2D eigenvalue weighted by atomic mass is 35.7. The van der Waals surface area contributed by atoms with Gasteiger partial charge in [-0.25, -0.2) is 4.79 Å². The maximum atomic E-state index is 11.9. The van der Waals surface area contributed by atoms with Crippen LogP contribution in [-0.4, -0.2) is 6.09 Å². The van der Waals surface area contributed by atoms with E-state index in [2.05, 4.69) is 5.32 Å². The molecule has 0 radical (unpaired) electrons. The molecule has 24 heavy (non-hydrogen) atoms. The zero-order valence-corrected chi connectivity index (χ0v) is 17.4. The second kappa shape index (κ2) is 10.9. The monoisotopic (exact) mass is 457 g/mol. The first-order valence-corrected chi connectivity index (χ1v) is 12.7. The predicted molar refractivity (Wildman–Crippen MR) is 110 cm³/mol. The standard InChI is InChI=1S/C14H10Cl3NO2S4/c15-10-3-1-9(2-4-10)8-20-14(19)18-11-5-6-12(21-23-16)13(7-11)22-24-17/h1-7H,8H2,(H,18,19). The summed E-state index contributed by atoms with van der Waals surface area (Å²) in [7, 11) is 16.4. The van der Waals surface area contributed by atoms with Gasteiger partial charge in [0.05, 0.1) is 0 Å². The molecule has 10 heteroatoms. The number of amides is 1. The molecule has 0 heterocycles. The summed E-state index contributed by atoms with van der Waals surface area (Å²) in [6, 6.07) is 12.6. The molecule has 0 bridgehead atoms. The molecular formula is C14H10Cl3NO2S4. The van der Waals surface area contributed by atoms with Crippen LogP contribution in [0.4, 0.5) is 10.5 Å². The molecule has 0 aromatic heterocycles. The van der Waals surface area contributed by atoms with E-state index in [1.54, 1.807) is 30.3 Å². The Morgan fingerprint density at radius 1 is 1.00 bits per heavy atom. The molecule has 0 atom stereocenters. The Labute approximate surface area is 169 Å². The minimum Gasteiger partial charge on any atom is -0.444 e. The van der Waals surface area contributed by atoms with Crippen molar-refractivity contribution in [2.75, 3.05) is 5.32 Å². The lowest BCUT2D eigenvalue weighted by Gasteiger charge is -2.10. The fraction of sp³-hybridized carbons (Fsp3) is 0.0714. The molecule has 128 valence electrons. The van der Waals surface area contributed by atoms with Crippen LogP contribution in [0.3, 0.4) is 0 Å². The van der Waals surface area contributed by atoms with E-state index >= 15 is 0 Å². The lowest BCUT2D eigenvalue weighted by Crippen LogP contribution is -2.13. The van der Waals surface area contributed by atoms with Gasteiger partial charge in [-0.3, -0.25) is 5.32 Å². The summed E-state index contributed by atoms with van der Waals surface area (Å²) in [5.41, 5.74) is 1.48. The Balaban J connectivity index is 1.95. The number of carbonyl (C=O) groups excluding carboxylic acids is 1. The molecule has 0 saturated heterocycles. The van der Waals surface area contributed by atoms with E-state index in [9.17, 15) is 4.79 Å². The Bertz CT molecular complexity index is 688. The van der Waals surface area contributed by atoms with Crippen LogP contribution in [0.5, 0.6) is 0 Å². The van der Waals surface area contributed by atoms with Gasteiger partial charge in [0.2, 0.25) is 0 Å². The summed E-state index contributed by atoms with van der Waals surface area (Å²) in [6.07, 6.45) is -0.536. The molecule has 0 aliphatic heterocycles. The predicted octanol–water partition coefficient (Wildman–Crippen LogP) is 7.88. The SMILES string of the molecule is O=C(Nc1ccc(SSCl)c(SSCl)c1)OCc1ccc(Cl)cc1. The Morgan fingerprint density at radius 2 is 1.67 bits per heavy atom. The smallest absolute Gasteiger partial charge is 0.411 e. The van der Waals surface area contributed by atoms with Gasteiger partial charge in [0.1, 0.15) is 6.61 Å². The summed E-state index contributed by atoms with van der Waals surface area (Å²) >= 11 is 5.81. The van der Waals surface area contributed by atoms with Crippen molar-refractivity contribution < 1.29 is 9.53 Å². The average Bonchev–Trinajstić information content (AvgIpc) is 2.57. The van der Waals surface area contributed by atoms with Crippen molar-refractivity contribution in [3.8, 4) is 0 Å². The number of rotatable bonds is 7. The van der Waals surface area contributed by atoms with Gasteiger partial charge >= 0.3 is 6.09 Å². The summed E-state index contributed by atoms with van der Waals surface area (Å²) in [6.45, 7) is 0.166. The maximum Gasteiger partial charge on any atom is 0.411 e. The van der Waals surface area contributed by atoms with E-state index in [0.29, 0.717) is 10.7 Å². The van der Waals surface area contributed by atoms with Gasteiger partial charge in [0.25, 0.3) is 0 Å². The van der Waals surface area contributed by atoms with Crippen molar-refractivity contribution in [3.63, 3.8) is 0 Å². The van der Waals surface area contributed by atoms with Crippen LogP contribution in [0.25, 0.3) is 0 Å². The first-order valence-electron chi connectivity index (χ1n) is 6.35. The number of nitrogens with one attached hydrogen (secondary N) is 1. The first kappa shape index (κ1) is 20.3. The van der Waals surface area contributed by atoms with Crippen molar-refractivity contribution in [2.45, 2.75) is 16.4 Å². The molecular weight excluding hydrogens is 449 g/mol. The van der Waals surface area contributed by atoms with Gasteiger partial charge in [0.15, 0.2) is 0 Å². The van der Waals surface area contributed by atoms with Crippen molar-refractivity contribution in [1.29, 1.82) is 0 Å². The largest absolute Gasteiger partial charge is 0.444 e. The quantitative estimate of drug-likeness (QED) is 0.425. The summed E-state index contributed by atoms with van der Waals surface area (Å²) < 4.78 is 5.19. The van der Waals surface area contributed by atoms with Crippen LogP contribution >= 0.6 is 74.6 Å². The van der Waals surface area contributed by atoms with Crippen molar-refractivity contribution in [2.24, 2.45) is 0 Å². The van der Waals surface area contributed by atoms with Gasteiger partial charge in [0, 0.05) is 40.5 Å². The number of carbonyl (C=O) groups is 1. The minimum absolute atomic E-state index is 0.166. The third-order valence-corrected chi connectivity index (χ3v) is 6.87. The van der Waals surface area contributed by atoms with Crippen LogP contribution < -0.4 is 5.32 Å². The van der Waals surface area contributed by atoms with E-state index in [-0.39, 0.29) is 6.61 Å². The molecule has 3 nitrogen and oxygen atoms in total. The van der Waals surface area contributed by atoms with E-state index in [1.165, 1.54) is 21.6 Å². The zero-order chi connectivity index (χ0) is 17.4. The van der Waals surface area contributed by atoms with Crippen molar-refractivity contribution in [1.82, 2.24) is 0 Å². The zero-order valence-electron chi connectivity index (χ0n) is 11.8. The normalized spacial score (nSPS) is 10.5. The van der Waals surface area contributed by atoms with E-state index in [0.717, 1.165) is 35.4 Å². The molecule has 2 aromatic rings. The number of hydrogen-bond acceptors (Lipinski definition) is 6. The second-order valence-corrected chi connectivity index (χ2v) is 10.2. The van der Waals surface area contributed by atoms with Crippen LogP contribution in [0.2, 0.25) is 5.02 Å². The number of anilines is 1. The average molecular weight is 459 g/mol. The van der Waals surface area contributed by atoms with Gasteiger partial charge in [-0.1, -0.05) is 23.7 Å². The third-order valence-electron chi connectivity index (χ3n) is 2.72. The van der Waals surface area contributed by atoms with Crippen LogP contribution in [0.15, 0.2) is 52.3 Å². The van der Waals surface area contributed by atoms with E-state index in [4.69, 9.17) is 37.7 Å². The number of hydrogen-bond donors (Lipinski definition) is 1. The number of halogens is 3. The molecule has 0 fully saturated rings. The van der Waals surface area contributed by atoms with Crippen LogP contribution in [0, 0.1) is 0 Å². The second-order valence-electron chi connectivity index (χ2n) is 4.28. The Hall–Kier alpha value is -0.0200. The van der Waals surface area contributed by atoms with Gasteiger partial charge in [-0.05, 0) is 78.8 Å². The molecule has 2 rings (SSSR count). The minimum atomic E-state index is -0.536. The highest BCUT2D eigenvalue weighted by Crippen LogP contribution is 2.45. The van der Waals surface area contributed by atoms with Gasteiger partial charge in [-0.2, -0.15) is 0 Å². The van der Waals surface area contributed by atoms with E-state index in [1.807, 2.05) is 12.1 Å².